The van der Waals surface area contributed by atoms with Gasteiger partial charge < -0.3 is 14.9 Å². The molecule has 24 heavy (non-hydrogen) atoms. The first-order valence-electron chi connectivity index (χ1n) is 8.44. The van der Waals surface area contributed by atoms with E-state index in [2.05, 4.69) is 20.4 Å². The number of carbonyl (C=O) groups excluding carboxylic acids is 1. The third-order valence-electron chi connectivity index (χ3n) is 4.51. The summed E-state index contributed by atoms with van der Waals surface area (Å²) in [5.41, 5.74) is 0.670. The predicted octanol–water partition coefficient (Wildman–Crippen LogP) is 2.19. The summed E-state index contributed by atoms with van der Waals surface area (Å²) in [5, 5.41) is 16.0. The zero-order valence-electron chi connectivity index (χ0n) is 13.5. The van der Waals surface area contributed by atoms with Gasteiger partial charge in [0.15, 0.2) is 0 Å². The number of aliphatic hydroxyl groups excluding tert-OH is 1. The van der Waals surface area contributed by atoms with E-state index >= 15 is 0 Å². The van der Waals surface area contributed by atoms with Crippen molar-refractivity contribution in [2.45, 2.75) is 44.6 Å². The molecule has 2 aromatic rings. The molecule has 3 rings (SSSR count). The Kier molecular flexibility index (Phi) is 5.53. The van der Waals surface area contributed by atoms with Crippen LogP contribution in [0.4, 0.5) is 0 Å². The second-order valence-electron chi connectivity index (χ2n) is 6.16. The Morgan fingerprint density at radius 1 is 1.38 bits per heavy atom. The number of carbonyl (C=O) groups is 1. The molecule has 1 aliphatic rings. The highest BCUT2D eigenvalue weighted by atomic mass is 16.5. The zero-order valence-corrected chi connectivity index (χ0v) is 13.5. The topological polar surface area (TPSA) is 101 Å². The number of hydrogen-bond donors (Lipinski definition) is 2. The summed E-state index contributed by atoms with van der Waals surface area (Å²) in [6.07, 6.45) is 9.56. The maximum absolute atomic E-state index is 12.4. The predicted molar refractivity (Wildman–Crippen MR) is 87.1 cm³/mol. The minimum Gasteiger partial charge on any atom is -0.396 e. The monoisotopic (exact) mass is 330 g/mol. The molecule has 0 bridgehead atoms. The minimum atomic E-state index is -0.363. The lowest BCUT2D eigenvalue weighted by Crippen LogP contribution is -2.42. The van der Waals surface area contributed by atoms with Crippen LogP contribution in [0.5, 0.6) is 0 Å². The van der Waals surface area contributed by atoms with Crippen molar-refractivity contribution in [3.63, 3.8) is 0 Å². The average molecular weight is 330 g/mol. The van der Waals surface area contributed by atoms with Crippen LogP contribution in [0.3, 0.4) is 0 Å². The first kappa shape index (κ1) is 16.6. The zero-order chi connectivity index (χ0) is 16.8. The van der Waals surface area contributed by atoms with Crippen molar-refractivity contribution in [1.82, 2.24) is 20.4 Å². The van der Waals surface area contributed by atoms with E-state index in [0.29, 0.717) is 17.9 Å². The van der Waals surface area contributed by atoms with Crippen molar-refractivity contribution >= 4 is 5.91 Å². The van der Waals surface area contributed by atoms with Gasteiger partial charge in [-0.15, -0.1) is 0 Å². The number of nitrogens with zero attached hydrogens (tertiary/aromatic N) is 3. The Bertz CT molecular complexity index is 653. The Balaban J connectivity index is 1.67. The smallest absolute Gasteiger partial charge is 0.292 e. The fraction of sp³-hybridized carbons (Fsp3) is 0.529. The van der Waals surface area contributed by atoms with Crippen LogP contribution in [0.25, 0.3) is 11.5 Å². The van der Waals surface area contributed by atoms with E-state index in [1.54, 1.807) is 24.5 Å². The van der Waals surface area contributed by atoms with E-state index < -0.39 is 0 Å². The van der Waals surface area contributed by atoms with Gasteiger partial charge in [-0.3, -0.25) is 9.78 Å². The van der Waals surface area contributed by atoms with Gasteiger partial charge in [0.25, 0.3) is 17.6 Å². The highest BCUT2D eigenvalue weighted by Crippen LogP contribution is 2.28. The second kappa shape index (κ2) is 8.01. The van der Waals surface area contributed by atoms with Gasteiger partial charge >= 0.3 is 0 Å². The summed E-state index contributed by atoms with van der Waals surface area (Å²) in [6, 6.07) is 3.50. The van der Waals surface area contributed by atoms with Gasteiger partial charge in [-0.25, -0.2) is 0 Å². The molecule has 0 unspecified atom stereocenters. The summed E-state index contributed by atoms with van der Waals surface area (Å²) in [7, 11) is 0. The number of aliphatic hydroxyl groups is 1. The summed E-state index contributed by atoms with van der Waals surface area (Å²) < 4.78 is 5.15. The first-order chi connectivity index (χ1) is 11.8. The van der Waals surface area contributed by atoms with E-state index in [4.69, 9.17) is 4.52 Å². The molecule has 2 aromatic heterocycles. The maximum atomic E-state index is 12.4. The van der Waals surface area contributed by atoms with Crippen LogP contribution in [0.1, 0.15) is 49.1 Å². The Labute approximate surface area is 140 Å². The molecule has 1 fully saturated rings. The van der Waals surface area contributed by atoms with Gasteiger partial charge in [0.05, 0.1) is 5.56 Å². The van der Waals surface area contributed by atoms with Crippen molar-refractivity contribution in [2.75, 3.05) is 6.61 Å². The van der Waals surface area contributed by atoms with Crippen molar-refractivity contribution in [2.24, 2.45) is 5.92 Å². The molecule has 2 heterocycles. The third kappa shape index (κ3) is 3.97. The van der Waals surface area contributed by atoms with Gasteiger partial charge in [-0.1, -0.05) is 24.4 Å². The van der Waals surface area contributed by atoms with Gasteiger partial charge in [0.1, 0.15) is 0 Å². The number of hydrogen-bond acceptors (Lipinski definition) is 6. The van der Waals surface area contributed by atoms with E-state index in [1.165, 1.54) is 19.3 Å². The second-order valence-corrected chi connectivity index (χ2v) is 6.16. The molecule has 7 heteroatoms. The van der Waals surface area contributed by atoms with Crippen LogP contribution < -0.4 is 5.32 Å². The maximum Gasteiger partial charge on any atom is 0.292 e. The summed E-state index contributed by atoms with van der Waals surface area (Å²) in [4.78, 5) is 20.6. The number of aromatic nitrogens is 3. The average Bonchev–Trinajstić information content (AvgIpc) is 3.13. The van der Waals surface area contributed by atoms with Crippen LogP contribution in [0.2, 0.25) is 0 Å². The van der Waals surface area contributed by atoms with Gasteiger partial charge in [0.2, 0.25) is 0 Å². The van der Waals surface area contributed by atoms with Crippen LogP contribution in [-0.4, -0.2) is 38.8 Å². The summed E-state index contributed by atoms with van der Waals surface area (Å²) >= 11 is 0. The van der Waals surface area contributed by atoms with E-state index in [-0.39, 0.29) is 30.3 Å². The van der Waals surface area contributed by atoms with Gasteiger partial charge in [-0.05, 0) is 37.3 Å². The molecule has 0 spiro atoms. The van der Waals surface area contributed by atoms with Gasteiger partial charge in [-0.2, -0.15) is 4.98 Å². The highest BCUT2D eigenvalue weighted by Gasteiger charge is 2.26. The Morgan fingerprint density at radius 2 is 2.21 bits per heavy atom. The van der Waals surface area contributed by atoms with Crippen molar-refractivity contribution in [3.8, 4) is 11.5 Å². The van der Waals surface area contributed by atoms with Crippen LogP contribution in [0.15, 0.2) is 29.0 Å². The normalized spacial score (nSPS) is 16.7. The molecule has 0 saturated heterocycles. The molecule has 1 saturated carbocycles. The molecule has 128 valence electrons. The van der Waals surface area contributed by atoms with Crippen LogP contribution in [0, 0.1) is 5.92 Å². The molecular formula is C17H22N4O3. The van der Waals surface area contributed by atoms with Crippen LogP contribution in [-0.2, 0) is 0 Å². The van der Waals surface area contributed by atoms with E-state index in [1.807, 2.05) is 0 Å². The van der Waals surface area contributed by atoms with E-state index in [0.717, 1.165) is 12.8 Å². The third-order valence-corrected chi connectivity index (χ3v) is 4.51. The highest BCUT2D eigenvalue weighted by molar-refractivity contribution is 5.90. The number of amides is 1. The number of rotatable bonds is 6. The summed E-state index contributed by atoms with van der Waals surface area (Å²) in [5.74, 6) is 0.315. The SMILES string of the molecule is O=C(N[C@H](CCO)C1CCCCC1)c1noc(-c2cccnc2)n1. The van der Waals surface area contributed by atoms with Gasteiger partial charge in [0, 0.05) is 25.0 Å². The standard InChI is InChI=1S/C17H22N4O3/c22-10-8-14(12-5-2-1-3-6-12)19-16(23)15-20-17(24-21-15)13-7-4-9-18-11-13/h4,7,9,11-12,14,22H,1-3,5-6,8,10H2,(H,19,23)/t14-/m1/s1. The van der Waals surface area contributed by atoms with Crippen molar-refractivity contribution < 1.29 is 14.4 Å². The molecule has 1 amide bonds. The number of nitrogens with one attached hydrogen (secondary N) is 1. The molecule has 0 aromatic carbocycles. The minimum absolute atomic E-state index is 0.00704. The first-order valence-corrected chi connectivity index (χ1v) is 8.44. The molecule has 2 N–H and O–H groups in total. The molecule has 1 aliphatic carbocycles. The molecule has 7 nitrogen and oxygen atoms in total. The lowest BCUT2D eigenvalue weighted by Gasteiger charge is -2.30. The van der Waals surface area contributed by atoms with E-state index in [9.17, 15) is 9.90 Å². The molecule has 0 aliphatic heterocycles. The lowest BCUT2D eigenvalue weighted by atomic mass is 9.82. The van der Waals surface area contributed by atoms with Crippen LogP contribution >= 0.6 is 0 Å². The Morgan fingerprint density at radius 3 is 2.92 bits per heavy atom. The Hall–Kier alpha value is -2.28. The fourth-order valence-electron chi connectivity index (χ4n) is 3.26. The summed E-state index contributed by atoms with van der Waals surface area (Å²) in [6.45, 7) is 0.0502. The quantitative estimate of drug-likeness (QED) is 0.842. The fourth-order valence-corrected chi connectivity index (χ4v) is 3.26. The van der Waals surface area contributed by atoms with Crippen molar-refractivity contribution in [3.05, 3.63) is 30.4 Å². The number of pyridine rings is 1. The molecule has 0 radical (unpaired) electrons. The molecule has 1 atom stereocenters. The largest absolute Gasteiger partial charge is 0.396 e. The molecular weight excluding hydrogens is 308 g/mol. The van der Waals surface area contributed by atoms with Crippen molar-refractivity contribution in [1.29, 1.82) is 0 Å². The lowest BCUT2D eigenvalue weighted by molar-refractivity contribution is 0.0886.